The third-order valence-corrected chi connectivity index (χ3v) is 3.17. The fourth-order valence-corrected chi connectivity index (χ4v) is 2.12. The summed E-state index contributed by atoms with van der Waals surface area (Å²) in [6.07, 6.45) is 0.291. The number of aromatic nitrogens is 2. The molecule has 0 aliphatic carbocycles. The number of nitrogens with one attached hydrogen (secondary N) is 1. The number of fused-ring (bicyclic) bond motifs is 1. The molecule has 102 valence electrons. The van der Waals surface area contributed by atoms with Crippen LogP contribution in [0.2, 0.25) is 0 Å². The average Bonchev–Trinajstić information content (AvgIpc) is 2.61. The monoisotopic (exact) mass is 262 g/mol. The van der Waals surface area contributed by atoms with Crippen LogP contribution in [0.5, 0.6) is 0 Å². The van der Waals surface area contributed by atoms with Crippen LogP contribution in [0.15, 0.2) is 23.0 Å². The molecule has 19 heavy (non-hydrogen) atoms. The van der Waals surface area contributed by atoms with Crippen molar-refractivity contribution in [1.82, 2.24) is 14.5 Å². The number of hydrogen-bond donors (Lipinski definition) is 2. The molecule has 0 atom stereocenters. The maximum atomic E-state index is 11.8. The van der Waals surface area contributed by atoms with E-state index >= 15 is 0 Å². The second kappa shape index (κ2) is 5.27. The second-order valence-electron chi connectivity index (χ2n) is 4.54. The van der Waals surface area contributed by atoms with Gasteiger partial charge in [-0.2, -0.15) is 0 Å². The minimum Gasteiger partial charge on any atom is -0.355 e. The summed E-state index contributed by atoms with van der Waals surface area (Å²) in [5.74, 6) is -0.0641. The Hall–Kier alpha value is -2.08. The van der Waals surface area contributed by atoms with Crippen molar-refractivity contribution < 1.29 is 4.79 Å². The van der Waals surface area contributed by atoms with Crippen LogP contribution in [0.25, 0.3) is 11.0 Å². The molecule has 2 aromatic rings. The lowest BCUT2D eigenvalue weighted by molar-refractivity contribution is -0.120. The Bertz CT molecular complexity index is 669. The molecule has 0 radical (unpaired) electrons. The van der Waals surface area contributed by atoms with Crippen molar-refractivity contribution in [3.8, 4) is 0 Å². The quantitative estimate of drug-likeness (QED) is 0.779. The van der Waals surface area contributed by atoms with Gasteiger partial charge in [0, 0.05) is 27.2 Å². The lowest BCUT2D eigenvalue weighted by Crippen LogP contribution is -2.30. The molecular formula is C13H18N4O2. The van der Waals surface area contributed by atoms with Gasteiger partial charge in [0.15, 0.2) is 0 Å². The normalized spacial score (nSPS) is 10.9. The Balaban J connectivity index is 2.29. The molecule has 0 aliphatic heterocycles. The third-order valence-electron chi connectivity index (χ3n) is 3.17. The second-order valence-corrected chi connectivity index (χ2v) is 4.54. The van der Waals surface area contributed by atoms with E-state index in [1.54, 1.807) is 23.2 Å². The van der Waals surface area contributed by atoms with Crippen LogP contribution in [0.3, 0.4) is 0 Å². The largest absolute Gasteiger partial charge is 0.355 e. The van der Waals surface area contributed by atoms with Gasteiger partial charge < -0.3 is 11.1 Å². The number of hydrogen-bond acceptors (Lipinski definition) is 3. The van der Waals surface area contributed by atoms with Gasteiger partial charge in [0.2, 0.25) is 5.91 Å². The highest BCUT2D eigenvalue weighted by atomic mass is 16.2. The van der Waals surface area contributed by atoms with Crippen molar-refractivity contribution in [2.45, 2.75) is 6.42 Å². The molecule has 0 saturated carbocycles. The van der Waals surface area contributed by atoms with Crippen LogP contribution >= 0.6 is 0 Å². The predicted octanol–water partition coefficient (Wildman–Crippen LogP) is -0.506. The molecule has 0 saturated heterocycles. The SMILES string of the molecule is Cn1c(=O)n(C)c2cc(CC(=O)NCCN)ccc21. The Labute approximate surface area is 110 Å². The number of rotatable bonds is 4. The first-order valence-corrected chi connectivity index (χ1v) is 6.15. The summed E-state index contributed by atoms with van der Waals surface area (Å²) in [7, 11) is 3.46. The molecule has 2 rings (SSSR count). The van der Waals surface area contributed by atoms with Crippen LogP contribution in [0, 0.1) is 0 Å². The van der Waals surface area contributed by atoms with E-state index in [0.717, 1.165) is 16.6 Å². The van der Waals surface area contributed by atoms with E-state index in [2.05, 4.69) is 5.32 Å². The first-order chi connectivity index (χ1) is 9.04. The molecule has 0 aliphatic rings. The number of carbonyl (C=O) groups is 1. The van der Waals surface area contributed by atoms with Crippen LogP contribution in [0.1, 0.15) is 5.56 Å². The van der Waals surface area contributed by atoms with Crippen LogP contribution in [0.4, 0.5) is 0 Å². The van der Waals surface area contributed by atoms with Crippen molar-refractivity contribution in [3.05, 3.63) is 34.2 Å². The Morgan fingerprint density at radius 1 is 1.26 bits per heavy atom. The molecule has 1 aromatic heterocycles. The minimum absolute atomic E-state index is 0.0641. The van der Waals surface area contributed by atoms with Gasteiger partial charge in [-0.3, -0.25) is 13.9 Å². The number of aryl methyl sites for hydroxylation is 2. The summed E-state index contributed by atoms with van der Waals surface area (Å²) < 4.78 is 3.17. The van der Waals surface area contributed by atoms with E-state index in [9.17, 15) is 9.59 Å². The smallest absolute Gasteiger partial charge is 0.328 e. The average molecular weight is 262 g/mol. The molecule has 1 aromatic carbocycles. The molecule has 0 bridgehead atoms. The molecule has 1 heterocycles. The van der Waals surface area contributed by atoms with Crippen LogP contribution in [-0.4, -0.2) is 28.1 Å². The van der Waals surface area contributed by atoms with E-state index < -0.39 is 0 Å². The van der Waals surface area contributed by atoms with E-state index in [0.29, 0.717) is 19.5 Å². The zero-order chi connectivity index (χ0) is 14.0. The molecule has 0 unspecified atom stereocenters. The Morgan fingerprint density at radius 3 is 2.63 bits per heavy atom. The van der Waals surface area contributed by atoms with Gasteiger partial charge >= 0.3 is 5.69 Å². The van der Waals surface area contributed by atoms with Gasteiger partial charge in [-0.05, 0) is 17.7 Å². The number of nitrogens with zero attached hydrogens (tertiary/aromatic N) is 2. The number of benzene rings is 1. The summed E-state index contributed by atoms with van der Waals surface area (Å²) in [6.45, 7) is 0.906. The maximum Gasteiger partial charge on any atom is 0.328 e. The number of amides is 1. The molecule has 3 N–H and O–H groups in total. The molecule has 0 spiro atoms. The van der Waals surface area contributed by atoms with Crippen molar-refractivity contribution in [2.24, 2.45) is 19.8 Å². The molecule has 6 heteroatoms. The fourth-order valence-electron chi connectivity index (χ4n) is 2.12. The topological polar surface area (TPSA) is 82.0 Å². The summed E-state index contributed by atoms with van der Waals surface area (Å²) in [5.41, 5.74) is 7.83. The fraction of sp³-hybridized carbons (Fsp3) is 0.385. The highest BCUT2D eigenvalue weighted by Gasteiger charge is 2.09. The van der Waals surface area contributed by atoms with Crippen molar-refractivity contribution in [1.29, 1.82) is 0 Å². The van der Waals surface area contributed by atoms with Gasteiger partial charge in [-0.15, -0.1) is 0 Å². The highest BCUT2D eigenvalue weighted by Crippen LogP contribution is 2.14. The van der Waals surface area contributed by atoms with E-state index in [4.69, 9.17) is 5.73 Å². The van der Waals surface area contributed by atoms with Gasteiger partial charge in [-0.25, -0.2) is 4.79 Å². The Morgan fingerprint density at radius 2 is 1.95 bits per heavy atom. The number of nitrogens with two attached hydrogens (primary N) is 1. The van der Waals surface area contributed by atoms with Gasteiger partial charge in [0.05, 0.1) is 17.5 Å². The van der Waals surface area contributed by atoms with E-state index in [-0.39, 0.29) is 11.6 Å². The maximum absolute atomic E-state index is 11.8. The standard InChI is InChI=1S/C13H18N4O2/c1-16-10-4-3-9(8-12(18)15-6-5-14)7-11(10)17(2)13(16)19/h3-4,7H,5-6,8,14H2,1-2H3,(H,15,18). The number of imidazole rings is 1. The minimum atomic E-state index is -0.0697. The summed E-state index contributed by atoms with van der Waals surface area (Å²) in [5, 5.41) is 2.72. The van der Waals surface area contributed by atoms with E-state index in [1.165, 1.54) is 0 Å². The zero-order valence-electron chi connectivity index (χ0n) is 11.1. The molecule has 1 amide bonds. The molecule has 0 fully saturated rings. The van der Waals surface area contributed by atoms with Crippen molar-refractivity contribution in [2.75, 3.05) is 13.1 Å². The summed E-state index contributed by atoms with van der Waals surface area (Å²) in [6, 6.07) is 5.60. The van der Waals surface area contributed by atoms with Gasteiger partial charge in [0.25, 0.3) is 0 Å². The van der Waals surface area contributed by atoms with E-state index in [1.807, 2.05) is 18.2 Å². The lowest BCUT2D eigenvalue weighted by atomic mass is 10.1. The molecular weight excluding hydrogens is 244 g/mol. The first-order valence-electron chi connectivity index (χ1n) is 6.15. The number of carbonyl (C=O) groups excluding carboxylic acids is 1. The first kappa shape index (κ1) is 13.4. The van der Waals surface area contributed by atoms with Gasteiger partial charge in [-0.1, -0.05) is 6.07 Å². The zero-order valence-corrected chi connectivity index (χ0v) is 11.1. The third kappa shape index (κ3) is 2.53. The summed E-state index contributed by atoms with van der Waals surface area (Å²) >= 11 is 0. The van der Waals surface area contributed by atoms with Crippen LogP contribution < -0.4 is 16.7 Å². The summed E-state index contributed by atoms with van der Waals surface area (Å²) in [4.78, 5) is 23.4. The highest BCUT2D eigenvalue weighted by molar-refractivity contribution is 5.82. The van der Waals surface area contributed by atoms with Crippen LogP contribution in [-0.2, 0) is 25.3 Å². The van der Waals surface area contributed by atoms with Gasteiger partial charge in [0.1, 0.15) is 0 Å². The van der Waals surface area contributed by atoms with Crippen molar-refractivity contribution >= 4 is 16.9 Å². The Kier molecular flexibility index (Phi) is 3.71. The van der Waals surface area contributed by atoms with Crippen molar-refractivity contribution in [3.63, 3.8) is 0 Å². The molecule has 6 nitrogen and oxygen atoms in total. The lowest BCUT2D eigenvalue weighted by Gasteiger charge is -2.04. The predicted molar refractivity (Wildman–Crippen MR) is 73.9 cm³/mol.